The Morgan fingerprint density at radius 3 is 2.94 bits per heavy atom. The molecule has 2 heterocycles. The van der Waals surface area contributed by atoms with Gasteiger partial charge in [-0.25, -0.2) is 4.98 Å². The quantitative estimate of drug-likeness (QED) is 0.752. The maximum absolute atomic E-state index is 5.26. The first kappa shape index (κ1) is 10.6. The summed E-state index contributed by atoms with van der Waals surface area (Å²) in [5, 5.41) is 14.0. The van der Waals surface area contributed by atoms with E-state index in [1.807, 2.05) is 14.1 Å². The SMILES string of the molecule is CNC(c1ncn[nH]1)c1c(OC)cnn1C. The second-order valence-electron chi connectivity index (χ2n) is 3.31. The highest BCUT2D eigenvalue weighted by atomic mass is 16.5. The van der Waals surface area contributed by atoms with Gasteiger partial charge in [0.25, 0.3) is 0 Å². The third-order valence-electron chi connectivity index (χ3n) is 2.44. The van der Waals surface area contributed by atoms with E-state index in [1.165, 1.54) is 6.33 Å². The normalized spacial score (nSPS) is 12.7. The van der Waals surface area contributed by atoms with E-state index >= 15 is 0 Å². The van der Waals surface area contributed by atoms with Crippen molar-refractivity contribution in [3.8, 4) is 5.75 Å². The van der Waals surface area contributed by atoms with Gasteiger partial charge in [-0.1, -0.05) is 0 Å². The molecule has 0 aromatic carbocycles. The number of aryl methyl sites for hydroxylation is 1. The van der Waals surface area contributed by atoms with E-state index in [9.17, 15) is 0 Å². The number of ether oxygens (including phenoxy) is 1. The molecule has 0 aliphatic rings. The summed E-state index contributed by atoms with van der Waals surface area (Å²) >= 11 is 0. The van der Waals surface area contributed by atoms with E-state index in [4.69, 9.17) is 4.74 Å². The topological polar surface area (TPSA) is 80.7 Å². The fourth-order valence-electron chi connectivity index (χ4n) is 1.67. The molecule has 0 saturated carbocycles. The van der Waals surface area contributed by atoms with Gasteiger partial charge >= 0.3 is 0 Å². The summed E-state index contributed by atoms with van der Waals surface area (Å²) in [5.74, 6) is 1.45. The Balaban J connectivity index is 2.44. The number of rotatable bonds is 4. The molecule has 0 aliphatic heterocycles. The lowest BCUT2D eigenvalue weighted by Crippen LogP contribution is -2.22. The molecule has 0 fully saturated rings. The van der Waals surface area contributed by atoms with Crippen molar-refractivity contribution in [2.75, 3.05) is 14.2 Å². The second kappa shape index (κ2) is 4.31. The van der Waals surface area contributed by atoms with Crippen LogP contribution in [0, 0.1) is 0 Å². The van der Waals surface area contributed by atoms with E-state index in [0.29, 0.717) is 0 Å². The minimum atomic E-state index is -0.120. The van der Waals surface area contributed by atoms with Crippen LogP contribution in [0.1, 0.15) is 17.6 Å². The highest BCUT2D eigenvalue weighted by Crippen LogP contribution is 2.26. The summed E-state index contributed by atoms with van der Waals surface area (Å²) in [6.07, 6.45) is 3.15. The number of H-pyrrole nitrogens is 1. The van der Waals surface area contributed by atoms with Gasteiger partial charge in [0.1, 0.15) is 23.9 Å². The van der Waals surface area contributed by atoms with Crippen molar-refractivity contribution in [1.82, 2.24) is 30.3 Å². The molecular weight excluding hydrogens is 208 g/mol. The van der Waals surface area contributed by atoms with Crippen LogP contribution in [0.2, 0.25) is 0 Å². The Hall–Kier alpha value is -1.89. The van der Waals surface area contributed by atoms with Gasteiger partial charge in [0.2, 0.25) is 0 Å². The molecule has 0 amide bonds. The van der Waals surface area contributed by atoms with E-state index in [1.54, 1.807) is 18.0 Å². The molecule has 1 unspecified atom stereocenters. The van der Waals surface area contributed by atoms with Crippen LogP contribution in [0.25, 0.3) is 0 Å². The summed E-state index contributed by atoms with van der Waals surface area (Å²) in [5.41, 5.74) is 0.904. The first-order valence-corrected chi connectivity index (χ1v) is 4.86. The molecule has 86 valence electrons. The minimum absolute atomic E-state index is 0.120. The molecule has 0 saturated heterocycles. The molecule has 7 nitrogen and oxygen atoms in total. The van der Waals surface area contributed by atoms with Gasteiger partial charge in [-0.15, -0.1) is 0 Å². The monoisotopic (exact) mass is 222 g/mol. The van der Waals surface area contributed by atoms with E-state index < -0.39 is 0 Å². The fraction of sp³-hybridized carbons (Fsp3) is 0.444. The van der Waals surface area contributed by atoms with E-state index in [-0.39, 0.29) is 6.04 Å². The third kappa shape index (κ3) is 1.65. The number of hydrogen-bond donors (Lipinski definition) is 2. The number of nitrogens with zero attached hydrogens (tertiary/aromatic N) is 4. The van der Waals surface area contributed by atoms with Crippen molar-refractivity contribution >= 4 is 0 Å². The summed E-state index contributed by atoms with van der Waals surface area (Å²) in [4.78, 5) is 4.13. The van der Waals surface area contributed by atoms with Gasteiger partial charge in [-0.05, 0) is 7.05 Å². The standard InChI is InChI=1S/C9H14N6O/c1-10-7(9-11-5-12-14-9)8-6(16-3)4-13-15(8)2/h4-5,7,10H,1-3H3,(H,11,12,14). The van der Waals surface area contributed by atoms with Crippen molar-refractivity contribution < 1.29 is 4.74 Å². The minimum Gasteiger partial charge on any atom is -0.493 e. The molecule has 2 aromatic heterocycles. The van der Waals surface area contributed by atoms with Crippen molar-refractivity contribution in [2.45, 2.75) is 6.04 Å². The highest BCUT2D eigenvalue weighted by Gasteiger charge is 2.23. The molecule has 2 rings (SSSR count). The van der Waals surface area contributed by atoms with Gasteiger partial charge in [-0.3, -0.25) is 9.78 Å². The number of hydrogen-bond acceptors (Lipinski definition) is 5. The zero-order valence-corrected chi connectivity index (χ0v) is 9.43. The van der Waals surface area contributed by atoms with Crippen LogP contribution in [0.4, 0.5) is 0 Å². The van der Waals surface area contributed by atoms with Crippen molar-refractivity contribution in [2.24, 2.45) is 7.05 Å². The molecule has 16 heavy (non-hydrogen) atoms. The average molecular weight is 222 g/mol. The second-order valence-corrected chi connectivity index (χ2v) is 3.31. The number of aromatic nitrogens is 5. The lowest BCUT2D eigenvalue weighted by molar-refractivity contribution is 0.401. The molecular formula is C9H14N6O. The molecule has 2 aromatic rings. The smallest absolute Gasteiger partial charge is 0.162 e. The van der Waals surface area contributed by atoms with Crippen molar-refractivity contribution in [3.63, 3.8) is 0 Å². The maximum atomic E-state index is 5.26. The van der Waals surface area contributed by atoms with Crippen molar-refractivity contribution in [1.29, 1.82) is 0 Å². The summed E-state index contributed by atoms with van der Waals surface area (Å²) < 4.78 is 7.01. The lowest BCUT2D eigenvalue weighted by atomic mass is 10.2. The molecule has 7 heteroatoms. The molecule has 2 N–H and O–H groups in total. The largest absolute Gasteiger partial charge is 0.493 e. The van der Waals surface area contributed by atoms with Gasteiger partial charge < -0.3 is 10.1 Å². The van der Waals surface area contributed by atoms with E-state index in [0.717, 1.165) is 17.3 Å². The van der Waals surface area contributed by atoms with Crippen LogP contribution < -0.4 is 10.1 Å². The van der Waals surface area contributed by atoms with Crippen molar-refractivity contribution in [3.05, 3.63) is 24.0 Å². The fourth-order valence-corrected chi connectivity index (χ4v) is 1.67. The van der Waals surface area contributed by atoms with Gasteiger partial charge in [0.05, 0.1) is 13.3 Å². The maximum Gasteiger partial charge on any atom is 0.162 e. The third-order valence-corrected chi connectivity index (χ3v) is 2.44. The van der Waals surface area contributed by atoms with Gasteiger partial charge in [-0.2, -0.15) is 10.2 Å². The molecule has 0 radical (unpaired) electrons. The first-order valence-electron chi connectivity index (χ1n) is 4.86. The van der Waals surface area contributed by atoms with Crippen LogP contribution in [0.3, 0.4) is 0 Å². The zero-order chi connectivity index (χ0) is 11.5. The van der Waals surface area contributed by atoms with Crippen LogP contribution in [0.5, 0.6) is 5.75 Å². The van der Waals surface area contributed by atoms with E-state index in [2.05, 4.69) is 25.6 Å². The zero-order valence-electron chi connectivity index (χ0n) is 9.43. The number of nitrogens with one attached hydrogen (secondary N) is 2. The number of aromatic amines is 1. The Kier molecular flexibility index (Phi) is 2.86. The Labute approximate surface area is 92.8 Å². The Morgan fingerprint density at radius 1 is 1.56 bits per heavy atom. The Morgan fingerprint density at radius 2 is 2.38 bits per heavy atom. The van der Waals surface area contributed by atoms with Crippen LogP contribution >= 0.6 is 0 Å². The van der Waals surface area contributed by atoms with Gasteiger partial charge in [0, 0.05) is 7.05 Å². The Bertz CT molecular complexity index is 449. The average Bonchev–Trinajstić information content (AvgIpc) is 2.91. The predicted octanol–water partition coefficient (Wildman–Crippen LogP) is -0.144. The molecule has 0 spiro atoms. The van der Waals surface area contributed by atoms with Crippen LogP contribution in [0.15, 0.2) is 12.5 Å². The lowest BCUT2D eigenvalue weighted by Gasteiger charge is -2.15. The molecule has 0 aliphatic carbocycles. The highest BCUT2D eigenvalue weighted by molar-refractivity contribution is 5.31. The summed E-state index contributed by atoms with van der Waals surface area (Å²) in [7, 11) is 5.33. The predicted molar refractivity (Wildman–Crippen MR) is 57.0 cm³/mol. The van der Waals surface area contributed by atoms with Crippen LogP contribution in [-0.2, 0) is 7.05 Å². The number of methoxy groups -OCH3 is 1. The van der Waals surface area contributed by atoms with Crippen LogP contribution in [-0.4, -0.2) is 39.1 Å². The first-order chi connectivity index (χ1) is 7.77. The van der Waals surface area contributed by atoms with Gasteiger partial charge in [0.15, 0.2) is 5.75 Å². The molecule has 1 atom stereocenters. The summed E-state index contributed by atoms with van der Waals surface area (Å²) in [6.45, 7) is 0. The summed E-state index contributed by atoms with van der Waals surface area (Å²) in [6, 6.07) is -0.120. The molecule has 0 bridgehead atoms.